The van der Waals surface area contributed by atoms with Gasteiger partial charge in [-0.2, -0.15) is 4.31 Å². The van der Waals surface area contributed by atoms with Gasteiger partial charge < -0.3 is 4.74 Å². The van der Waals surface area contributed by atoms with Gasteiger partial charge in [-0.05, 0) is 56.5 Å². The number of carbonyl (C=O) groups excluding carboxylic acids is 3. The van der Waals surface area contributed by atoms with Crippen LogP contribution in [0.5, 0.6) is 5.75 Å². The topological polar surface area (TPSA) is 101 Å². The Bertz CT molecular complexity index is 1070. The smallest absolute Gasteiger partial charge is 0.308 e. The van der Waals surface area contributed by atoms with Crippen LogP contribution >= 0.6 is 11.3 Å². The molecule has 2 heterocycles. The second-order valence-electron chi connectivity index (χ2n) is 7.78. The lowest BCUT2D eigenvalue weighted by atomic mass is 10.1. The lowest BCUT2D eigenvalue weighted by Crippen LogP contribution is -2.54. The first kappa shape index (κ1) is 22.1. The highest BCUT2D eigenvalue weighted by atomic mass is 32.2. The van der Waals surface area contributed by atoms with Crippen LogP contribution in [0, 0.1) is 0 Å². The average molecular weight is 451 g/mol. The van der Waals surface area contributed by atoms with Crippen LogP contribution in [0.3, 0.4) is 0 Å². The minimum atomic E-state index is -3.99. The predicted molar refractivity (Wildman–Crippen MR) is 112 cm³/mol. The van der Waals surface area contributed by atoms with Crippen molar-refractivity contribution in [2.75, 3.05) is 4.90 Å². The molecular formula is C20H22N2O6S2. The third kappa shape index (κ3) is 4.16. The van der Waals surface area contributed by atoms with E-state index in [1.54, 1.807) is 32.2 Å². The summed E-state index contributed by atoms with van der Waals surface area (Å²) in [6.07, 6.45) is -0.258. The molecule has 1 fully saturated rings. The van der Waals surface area contributed by atoms with Crippen molar-refractivity contribution in [2.45, 2.75) is 49.9 Å². The number of esters is 1. The minimum absolute atomic E-state index is 0.113. The molecule has 0 radical (unpaired) electrons. The molecule has 3 rings (SSSR count). The Hall–Kier alpha value is -2.56. The number of rotatable bonds is 5. The second-order valence-corrected chi connectivity index (χ2v) is 10.8. The van der Waals surface area contributed by atoms with Crippen LogP contribution in [0.1, 0.15) is 34.1 Å². The summed E-state index contributed by atoms with van der Waals surface area (Å²) in [5.74, 6) is -1.33. The van der Waals surface area contributed by atoms with Gasteiger partial charge in [0.25, 0.3) is 15.9 Å². The highest BCUT2D eigenvalue weighted by molar-refractivity contribution is 7.91. The van der Waals surface area contributed by atoms with Gasteiger partial charge in [-0.15, -0.1) is 11.3 Å². The summed E-state index contributed by atoms with van der Waals surface area (Å²) in [5, 5.41) is 1.65. The van der Waals surface area contributed by atoms with E-state index in [0.717, 1.165) is 20.5 Å². The summed E-state index contributed by atoms with van der Waals surface area (Å²) in [6, 6.07) is 7.83. The molecule has 1 aromatic heterocycles. The summed E-state index contributed by atoms with van der Waals surface area (Å²) < 4.78 is 32.8. The molecule has 1 aliphatic rings. The standard InChI is InChI=1S/C20H22N2O6S2/c1-13(23)28-15-9-7-14(8-10-15)21-17(24)12-16(19(21)25)22(20(2,3)4)30(26,27)18-6-5-11-29-18/h5-11,16H,12H2,1-4H3. The number of sulfonamides is 1. The van der Waals surface area contributed by atoms with Crippen LogP contribution in [0.25, 0.3) is 0 Å². The van der Waals surface area contributed by atoms with Crippen LogP contribution in [-0.4, -0.2) is 42.1 Å². The van der Waals surface area contributed by atoms with Gasteiger partial charge in [0, 0.05) is 12.5 Å². The van der Waals surface area contributed by atoms with Crippen molar-refractivity contribution in [2.24, 2.45) is 0 Å². The first-order valence-electron chi connectivity index (χ1n) is 9.16. The molecule has 0 aliphatic carbocycles. The third-order valence-electron chi connectivity index (χ3n) is 4.43. The van der Waals surface area contributed by atoms with Gasteiger partial charge in [0.15, 0.2) is 0 Å². The number of anilines is 1. The Labute approximate surface area is 179 Å². The quantitative estimate of drug-likeness (QED) is 0.394. The molecular weight excluding hydrogens is 428 g/mol. The number of hydrogen-bond acceptors (Lipinski definition) is 7. The van der Waals surface area contributed by atoms with Crippen molar-refractivity contribution in [1.29, 1.82) is 0 Å². The Balaban J connectivity index is 1.96. The molecule has 1 aromatic carbocycles. The second kappa shape index (κ2) is 7.93. The maximum absolute atomic E-state index is 13.3. The lowest BCUT2D eigenvalue weighted by molar-refractivity contribution is -0.132. The summed E-state index contributed by atoms with van der Waals surface area (Å²) in [6.45, 7) is 6.33. The van der Waals surface area contributed by atoms with E-state index >= 15 is 0 Å². The minimum Gasteiger partial charge on any atom is -0.427 e. The third-order valence-corrected chi connectivity index (χ3v) is 7.98. The number of thiophene rings is 1. The zero-order valence-electron chi connectivity index (χ0n) is 17.0. The fourth-order valence-electron chi connectivity index (χ4n) is 3.40. The van der Waals surface area contributed by atoms with E-state index in [4.69, 9.17) is 4.74 Å². The van der Waals surface area contributed by atoms with Gasteiger partial charge in [0.05, 0.1) is 12.1 Å². The fourth-order valence-corrected chi connectivity index (χ4v) is 6.41. The molecule has 0 bridgehead atoms. The molecule has 8 nitrogen and oxygen atoms in total. The number of amides is 2. The van der Waals surface area contributed by atoms with Crippen molar-refractivity contribution < 1.29 is 27.5 Å². The summed E-state index contributed by atoms with van der Waals surface area (Å²) in [7, 11) is -3.99. The van der Waals surface area contributed by atoms with Gasteiger partial charge in [0.2, 0.25) is 5.91 Å². The first-order chi connectivity index (χ1) is 13.9. The van der Waals surface area contributed by atoms with E-state index < -0.39 is 39.4 Å². The maximum Gasteiger partial charge on any atom is 0.308 e. The van der Waals surface area contributed by atoms with E-state index in [1.807, 2.05) is 0 Å². The Morgan fingerprint density at radius 2 is 1.80 bits per heavy atom. The van der Waals surface area contributed by atoms with Crippen molar-refractivity contribution in [3.63, 3.8) is 0 Å². The predicted octanol–water partition coefficient (Wildman–Crippen LogP) is 2.79. The van der Waals surface area contributed by atoms with E-state index in [0.29, 0.717) is 0 Å². The zero-order valence-corrected chi connectivity index (χ0v) is 18.6. The number of ether oxygens (including phenoxy) is 1. The Morgan fingerprint density at radius 3 is 2.30 bits per heavy atom. The SMILES string of the molecule is CC(=O)Oc1ccc(N2C(=O)CC(N(C(C)(C)C)S(=O)(=O)c3cccs3)C2=O)cc1. The first-order valence-corrected chi connectivity index (χ1v) is 11.5. The van der Waals surface area contributed by atoms with Crippen LogP contribution in [-0.2, 0) is 24.4 Å². The Morgan fingerprint density at radius 1 is 1.17 bits per heavy atom. The van der Waals surface area contributed by atoms with Crippen molar-refractivity contribution in [3.8, 4) is 5.75 Å². The number of nitrogens with zero attached hydrogens (tertiary/aromatic N) is 2. The highest BCUT2D eigenvalue weighted by Gasteiger charge is 2.50. The maximum atomic E-state index is 13.3. The van der Waals surface area contributed by atoms with Crippen LogP contribution in [0.2, 0.25) is 0 Å². The number of hydrogen-bond donors (Lipinski definition) is 0. The Kier molecular flexibility index (Phi) is 5.85. The van der Waals surface area contributed by atoms with Gasteiger partial charge in [-0.3, -0.25) is 14.4 Å². The number of carbonyl (C=O) groups is 3. The zero-order chi connectivity index (χ0) is 22.3. The molecule has 1 aliphatic heterocycles. The molecule has 10 heteroatoms. The molecule has 30 heavy (non-hydrogen) atoms. The summed E-state index contributed by atoms with van der Waals surface area (Å²) in [5.41, 5.74) is -0.649. The highest BCUT2D eigenvalue weighted by Crippen LogP contribution is 2.35. The summed E-state index contributed by atoms with van der Waals surface area (Å²) >= 11 is 1.06. The molecule has 0 spiro atoms. The molecule has 1 atom stereocenters. The van der Waals surface area contributed by atoms with E-state index in [2.05, 4.69) is 0 Å². The molecule has 160 valence electrons. The molecule has 2 aromatic rings. The van der Waals surface area contributed by atoms with Crippen LogP contribution in [0.4, 0.5) is 5.69 Å². The average Bonchev–Trinajstić information content (AvgIpc) is 3.24. The van der Waals surface area contributed by atoms with Crippen molar-refractivity contribution >= 4 is 44.8 Å². The van der Waals surface area contributed by atoms with Crippen LogP contribution < -0.4 is 9.64 Å². The van der Waals surface area contributed by atoms with E-state index in [9.17, 15) is 22.8 Å². The number of benzene rings is 1. The summed E-state index contributed by atoms with van der Waals surface area (Å²) in [4.78, 5) is 37.9. The van der Waals surface area contributed by atoms with Gasteiger partial charge >= 0.3 is 5.97 Å². The van der Waals surface area contributed by atoms with Gasteiger partial charge in [0.1, 0.15) is 16.0 Å². The lowest BCUT2D eigenvalue weighted by Gasteiger charge is -2.37. The molecule has 1 unspecified atom stereocenters. The largest absolute Gasteiger partial charge is 0.427 e. The molecule has 0 saturated carbocycles. The molecule has 2 amide bonds. The van der Waals surface area contributed by atoms with Crippen LogP contribution in [0.15, 0.2) is 46.0 Å². The van der Waals surface area contributed by atoms with E-state index in [-0.39, 0.29) is 22.1 Å². The van der Waals surface area contributed by atoms with Crippen molar-refractivity contribution in [1.82, 2.24) is 4.31 Å². The van der Waals surface area contributed by atoms with Gasteiger partial charge in [-0.25, -0.2) is 13.3 Å². The van der Waals surface area contributed by atoms with E-state index in [1.165, 1.54) is 37.3 Å². The fraction of sp³-hybridized carbons (Fsp3) is 0.350. The normalized spacial score (nSPS) is 17.6. The van der Waals surface area contributed by atoms with Crippen molar-refractivity contribution in [3.05, 3.63) is 41.8 Å². The molecule has 1 saturated heterocycles. The number of imide groups is 1. The van der Waals surface area contributed by atoms with Gasteiger partial charge in [-0.1, -0.05) is 6.07 Å². The monoisotopic (exact) mass is 450 g/mol. The molecule has 0 N–H and O–H groups in total.